The van der Waals surface area contributed by atoms with E-state index in [0.29, 0.717) is 18.2 Å². The first kappa shape index (κ1) is 10.6. The first-order chi connectivity index (χ1) is 6.72. The van der Waals surface area contributed by atoms with E-state index >= 15 is 0 Å². The van der Waals surface area contributed by atoms with Gasteiger partial charge in [-0.1, -0.05) is 20.3 Å². The second kappa shape index (κ2) is 5.32. The normalized spacial score (nSPS) is 12.1. The number of hydrogen-bond acceptors (Lipinski definition) is 3. The number of rotatable bonds is 4. The van der Waals surface area contributed by atoms with E-state index in [1.807, 2.05) is 0 Å². The molecule has 1 aromatic rings. The standard InChI is InChI=1S/C10H15N3O.H2/c1-3-8(2)6-10(14)13-9-7-11-4-5-12-9;/h4-5,7-8H,3,6H2,1-2H3,(H,12,13,14);1H. The maximum absolute atomic E-state index is 11.4. The van der Waals surface area contributed by atoms with E-state index < -0.39 is 0 Å². The number of nitrogens with zero attached hydrogens (tertiary/aromatic N) is 2. The Morgan fingerprint density at radius 1 is 1.64 bits per heavy atom. The summed E-state index contributed by atoms with van der Waals surface area (Å²) in [6.07, 6.45) is 6.21. The average Bonchev–Trinajstić information content (AvgIpc) is 2.19. The van der Waals surface area contributed by atoms with E-state index in [-0.39, 0.29) is 7.33 Å². The Balaban J connectivity index is 0.00000196. The molecule has 0 radical (unpaired) electrons. The highest BCUT2D eigenvalue weighted by Crippen LogP contribution is 2.08. The molecule has 1 amide bonds. The summed E-state index contributed by atoms with van der Waals surface area (Å²) < 4.78 is 0. The Morgan fingerprint density at radius 3 is 3.00 bits per heavy atom. The number of carbonyl (C=O) groups is 1. The lowest BCUT2D eigenvalue weighted by molar-refractivity contribution is -0.117. The topological polar surface area (TPSA) is 54.9 Å². The summed E-state index contributed by atoms with van der Waals surface area (Å²) in [5, 5.41) is 2.69. The summed E-state index contributed by atoms with van der Waals surface area (Å²) in [6, 6.07) is 0. The molecule has 0 fully saturated rings. The van der Waals surface area contributed by atoms with E-state index in [1.54, 1.807) is 12.4 Å². The Labute approximate surface area is 85.3 Å². The third kappa shape index (κ3) is 3.51. The number of aromatic nitrogens is 2. The molecule has 1 atom stereocenters. The van der Waals surface area contributed by atoms with Crippen LogP contribution in [0.25, 0.3) is 0 Å². The number of hydrogen-bond donors (Lipinski definition) is 1. The average molecular weight is 195 g/mol. The van der Waals surface area contributed by atoms with Gasteiger partial charge in [-0.05, 0) is 5.92 Å². The Kier molecular flexibility index (Phi) is 4.04. The van der Waals surface area contributed by atoms with Crippen LogP contribution in [0.2, 0.25) is 0 Å². The van der Waals surface area contributed by atoms with E-state index in [0.717, 1.165) is 6.42 Å². The lowest BCUT2D eigenvalue weighted by atomic mass is 10.1. The van der Waals surface area contributed by atoms with Gasteiger partial charge in [0.05, 0.1) is 6.20 Å². The van der Waals surface area contributed by atoms with Gasteiger partial charge in [0.15, 0.2) is 5.82 Å². The van der Waals surface area contributed by atoms with Crippen LogP contribution < -0.4 is 5.32 Å². The van der Waals surface area contributed by atoms with Crippen molar-refractivity contribution in [3.8, 4) is 0 Å². The summed E-state index contributed by atoms with van der Waals surface area (Å²) in [5.74, 6) is 0.923. The molecule has 1 N–H and O–H groups in total. The molecule has 1 aromatic heterocycles. The smallest absolute Gasteiger partial charge is 0.225 e. The molecule has 14 heavy (non-hydrogen) atoms. The van der Waals surface area contributed by atoms with Crippen LogP contribution in [0.3, 0.4) is 0 Å². The first-order valence-corrected chi connectivity index (χ1v) is 4.78. The van der Waals surface area contributed by atoms with Gasteiger partial charge in [0, 0.05) is 20.2 Å². The molecule has 0 aliphatic heterocycles. The molecule has 0 saturated heterocycles. The highest BCUT2D eigenvalue weighted by Gasteiger charge is 2.07. The highest BCUT2D eigenvalue weighted by atomic mass is 16.1. The van der Waals surface area contributed by atoms with Gasteiger partial charge in [-0.15, -0.1) is 0 Å². The largest absolute Gasteiger partial charge is 0.309 e. The van der Waals surface area contributed by atoms with Crippen molar-refractivity contribution in [2.75, 3.05) is 5.32 Å². The molecule has 0 saturated carbocycles. The van der Waals surface area contributed by atoms with Crippen molar-refractivity contribution < 1.29 is 6.22 Å². The van der Waals surface area contributed by atoms with Gasteiger partial charge in [-0.3, -0.25) is 9.78 Å². The maximum Gasteiger partial charge on any atom is 0.225 e. The van der Waals surface area contributed by atoms with Crippen LogP contribution in [-0.2, 0) is 4.79 Å². The molecule has 4 nitrogen and oxygen atoms in total. The number of nitrogens with one attached hydrogen (secondary N) is 1. The Bertz CT molecular complexity index is 292. The SMILES string of the molecule is CCC(C)CC(=O)Nc1cnccn1.[HH]. The molecule has 78 valence electrons. The monoisotopic (exact) mass is 195 g/mol. The fourth-order valence-corrected chi connectivity index (χ4v) is 1.02. The van der Waals surface area contributed by atoms with Crippen LogP contribution in [0, 0.1) is 5.92 Å². The summed E-state index contributed by atoms with van der Waals surface area (Å²) in [5.41, 5.74) is 0. The van der Waals surface area contributed by atoms with Crippen molar-refractivity contribution in [2.24, 2.45) is 5.92 Å². The predicted octanol–water partition coefficient (Wildman–Crippen LogP) is 2.10. The summed E-state index contributed by atoms with van der Waals surface area (Å²) in [4.78, 5) is 19.2. The fourth-order valence-electron chi connectivity index (χ4n) is 1.02. The first-order valence-electron chi connectivity index (χ1n) is 4.78. The molecule has 0 spiro atoms. The molecule has 1 unspecified atom stereocenters. The van der Waals surface area contributed by atoms with Crippen LogP contribution in [0.5, 0.6) is 0 Å². The van der Waals surface area contributed by atoms with Gasteiger partial charge in [0.25, 0.3) is 0 Å². The fraction of sp³-hybridized carbons (Fsp3) is 0.500. The molecule has 0 aliphatic carbocycles. The van der Waals surface area contributed by atoms with Crippen LogP contribution in [0.15, 0.2) is 18.6 Å². The van der Waals surface area contributed by atoms with Gasteiger partial charge < -0.3 is 5.32 Å². The van der Waals surface area contributed by atoms with Crippen LogP contribution in [0.1, 0.15) is 28.1 Å². The van der Waals surface area contributed by atoms with E-state index in [2.05, 4.69) is 29.1 Å². The quantitative estimate of drug-likeness (QED) is 0.800. The minimum absolute atomic E-state index is 0. The number of amides is 1. The van der Waals surface area contributed by atoms with Crippen molar-refractivity contribution in [3.05, 3.63) is 18.6 Å². The van der Waals surface area contributed by atoms with E-state index in [1.165, 1.54) is 6.20 Å². The zero-order valence-corrected chi connectivity index (χ0v) is 8.53. The zero-order valence-electron chi connectivity index (χ0n) is 8.53. The van der Waals surface area contributed by atoms with Gasteiger partial charge >= 0.3 is 0 Å². The Hall–Kier alpha value is -1.45. The van der Waals surface area contributed by atoms with Gasteiger partial charge in [-0.25, -0.2) is 4.98 Å². The van der Waals surface area contributed by atoms with Crippen LogP contribution in [0.4, 0.5) is 5.82 Å². The molecule has 1 heterocycles. The second-order valence-electron chi connectivity index (χ2n) is 3.36. The maximum atomic E-state index is 11.4. The van der Waals surface area contributed by atoms with E-state index in [9.17, 15) is 4.79 Å². The lowest BCUT2D eigenvalue weighted by Crippen LogP contribution is -2.15. The molecule has 1 rings (SSSR count). The van der Waals surface area contributed by atoms with E-state index in [4.69, 9.17) is 0 Å². The van der Waals surface area contributed by atoms with Gasteiger partial charge in [-0.2, -0.15) is 0 Å². The van der Waals surface area contributed by atoms with Crippen molar-refractivity contribution in [1.82, 2.24) is 9.97 Å². The minimum atomic E-state index is -0.000139. The van der Waals surface area contributed by atoms with Crippen molar-refractivity contribution in [2.45, 2.75) is 26.7 Å². The third-order valence-electron chi connectivity index (χ3n) is 2.06. The number of carbonyl (C=O) groups excluding carboxylic acids is 1. The summed E-state index contributed by atoms with van der Waals surface area (Å²) in [7, 11) is 0. The molecular weight excluding hydrogens is 178 g/mol. The minimum Gasteiger partial charge on any atom is -0.309 e. The van der Waals surface area contributed by atoms with Crippen molar-refractivity contribution in [3.63, 3.8) is 0 Å². The second-order valence-corrected chi connectivity index (χ2v) is 3.36. The highest BCUT2D eigenvalue weighted by molar-refractivity contribution is 5.89. The zero-order chi connectivity index (χ0) is 10.4. The van der Waals surface area contributed by atoms with Crippen molar-refractivity contribution >= 4 is 11.7 Å². The Morgan fingerprint density at radius 2 is 2.43 bits per heavy atom. The summed E-state index contributed by atoms with van der Waals surface area (Å²) in [6.45, 7) is 4.12. The van der Waals surface area contributed by atoms with Crippen LogP contribution >= 0.6 is 0 Å². The predicted molar refractivity (Wildman–Crippen MR) is 56.8 cm³/mol. The van der Waals surface area contributed by atoms with Gasteiger partial charge in [0.2, 0.25) is 5.91 Å². The summed E-state index contributed by atoms with van der Waals surface area (Å²) >= 11 is 0. The third-order valence-corrected chi connectivity index (χ3v) is 2.06. The van der Waals surface area contributed by atoms with Crippen LogP contribution in [-0.4, -0.2) is 15.9 Å². The molecule has 0 aliphatic rings. The van der Waals surface area contributed by atoms with Crippen molar-refractivity contribution in [1.29, 1.82) is 0 Å². The molecule has 4 heteroatoms. The number of anilines is 1. The lowest BCUT2D eigenvalue weighted by Gasteiger charge is -2.07. The molecule has 0 bridgehead atoms. The molecular formula is C10H17N3O. The molecule has 0 aromatic carbocycles. The van der Waals surface area contributed by atoms with Gasteiger partial charge in [0.1, 0.15) is 0 Å².